The quantitative estimate of drug-likeness (QED) is 0.423. The number of fused-ring (bicyclic) bond motifs is 1. The summed E-state index contributed by atoms with van der Waals surface area (Å²) < 4.78 is 0. The monoisotopic (exact) mass is 398 g/mol. The highest BCUT2D eigenvalue weighted by Gasteiger charge is 2.21. The number of aromatic amines is 1. The number of benzene rings is 1. The maximum atomic E-state index is 11.5. The van der Waals surface area contributed by atoms with Crippen LogP contribution in [0.25, 0.3) is 10.9 Å². The van der Waals surface area contributed by atoms with Crippen LogP contribution in [-0.4, -0.2) is 67.6 Å². The third-order valence-corrected chi connectivity index (χ3v) is 5.58. The molecule has 2 aromatic rings. The molecule has 0 spiro atoms. The number of rotatable bonds is 7. The summed E-state index contributed by atoms with van der Waals surface area (Å²) in [6.45, 7) is 8.15. The number of aromatic nitrogens is 1. The molecule has 0 unspecified atom stereocenters. The summed E-state index contributed by atoms with van der Waals surface area (Å²) in [7, 11) is 1.69. The van der Waals surface area contributed by atoms with E-state index in [0.717, 1.165) is 51.4 Å². The zero-order chi connectivity index (χ0) is 20.6. The summed E-state index contributed by atoms with van der Waals surface area (Å²) in [5.74, 6) is 0.965. The molecule has 0 saturated carbocycles. The van der Waals surface area contributed by atoms with Gasteiger partial charge in [0.2, 0.25) is 5.91 Å². The highest BCUT2D eigenvalue weighted by Crippen LogP contribution is 2.21. The first-order valence-corrected chi connectivity index (χ1v) is 10.6. The summed E-state index contributed by atoms with van der Waals surface area (Å²) in [6, 6.07) is 6.81. The van der Waals surface area contributed by atoms with Gasteiger partial charge < -0.3 is 20.9 Å². The van der Waals surface area contributed by atoms with Crippen molar-refractivity contribution in [2.75, 3.05) is 39.8 Å². The molecular weight excluding hydrogens is 364 g/mol. The smallest absolute Gasteiger partial charge is 0.233 e. The fraction of sp³-hybridized carbons (Fsp3) is 0.545. The lowest BCUT2D eigenvalue weighted by molar-refractivity contribution is -0.122. The van der Waals surface area contributed by atoms with Crippen molar-refractivity contribution in [2.24, 2.45) is 4.99 Å². The molecule has 0 radical (unpaired) electrons. The van der Waals surface area contributed by atoms with E-state index in [1.807, 2.05) is 0 Å². The van der Waals surface area contributed by atoms with E-state index in [-0.39, 0.29) is 5.91 Å². The number of hydrogen-bond acceptors (Lipinski definition) is 3. The normalized spacial score (nSPS) is 16.2. The molecule has 4 N–H and O–H groups in total. The van der Waals surface area contributed by atoms with Crippen LogP contribution in [0.5, 0.6) is 0 Å². The van der Waals surface area contributed by atoms with E-state index in [0.29, 0.717) is 12.6 Å². The molecule has 7 nitrogen and oxygen atoms in total. The van der Waals surface area contributed by atoms with Crippen molar-refractivity contribution < 1.29 is 4.79 Å². The van der Waals surface area contributed by atoms with Gasteiger partial charge in [0.15, 0.2) is 5.96 Å². The Morgan fingerprint density at radius 3 is 2.83 bits per heavy atom. The number of carbonyl (C=O) groups excluding carboxylic acids is 1. The maximum absolute atomic E-state index is 11.5. The summed E-state index contributed by atoms with van der Waals surface area (Å²) >= 11 is 0. The number of carbonyl (C=O) groups is 1. The number of amides is 1. The number of nitrogens with one attached hydrogen (secondary N) is 4. The van der Waals surface area contributed by atoms with Gasteiger partial charge in [-0.2, -0.15) is 0 Å². The summed E-state index contributed by atoms with van der Waals surface area (Å²) in [5.41, 5.74) is 3.81. The summed E-state index contributed by atoms with van der Waals surface area (Å²) in [4.78, 5) is 21.9. The molecule has 29 heavy (non-hydrogen) atoms. The second-order valence-corrected chi connectivity index (χ2v) is 7.69. The number of hydrogen-bond donors (Lipinski definition) is 4. The van der Waals surface area contributed by atoms with Crippen LogP contribution in [0.2, 0.25) is 0 Å². The second-order valence-electron chi connectivity index (χ2n) is 7.69. The fourth-order valence-electron chi connectivity index (χ4n) is 3.89. The van der Waals surface area contributed by atoms with Gasteiger partial charge >= 0.3 is 0 Å². The first-order chi connectivity index (χ1) is 14.1. The largest absolute Gasteiger partial charge is 0.361 e. The van der Waals surface area contributed by atoms with Crippen LogP contribution in [0.4, 0.5) is 0 Å². The number of guanidine groups is 1. The Kier molecular flexibility index (Phi) is 7.52. The Balaban J connectivity index is 1.52. The van der Waals surface area contributed by atoms with Gasteiger partial charge in [0.05, 0.1) is 6.54 Å². The molecule has 1 aromatic carbocycles. The van der Waals surface area contributed by atoms with Crippen molar-refractivity contribution in [2.45, 2.75) is 39.2 Å². The number of likely N-dealkylation sites (N-methyl/N-ethyl adjacent to an activating group) is 1. The SMILES string of the molecule is CCNC(=NCCc1c[nH]c2c(C)cccc12)NC1CCN(CC(=O)NC)CC1. The predicted octanol–water partition coefficient (Wildman–Crippen LogP) is 1.78. The lowest BCUT2D eigenvalue weighted by atomic mass is 10.1. The number of aliphatic imine (C=N–C) groups is 1. The van der Waals surface area contributed by atoms with E-state index in [1.165, 1.54) is 22.0 Å². The van der Waals surface area contributed by atoms with Gasteiger partial charge in [-0.1, -0.05) is 18.2 Å². The molecule has 1 aliphatic heterocycles. The molecule has 0 atom stereocenters. The molecule has 0 aliphatic carbocycles. The molecule has 2 heterocycles. The maximum Gasteiger partial charge on any atom is 0.233 e. The molecule has 1 fully saturated rings. The van der Waals surface area contributed by atoms with E-state index in [2.05, 4.69) is 64.1 Å². The number of aryl methyl sites for hydroxylation is 1. The van der Waals surface area contributed by atoms with E-state index >= 15 is 0 Å². The number of nitrogens with zero attached hydrogens (tertiary/aromatic N) is 2. The number of likely N-dealkylation sites (tertiary alicyclic amines) is 1. The fourth-order valence-corrected chi connectivity index (χ4v) is 3.89. The average molecular weight is 399 g/mol. The van der Waals surface area contributed by atoms with Crippen LogP contribution in [0.1, 0.15) is 30.9 Å². The van der Waals surface area contributed by atoms with Gasteiger partial charge in [0.1, 0.15) is 0 Å². The molecule has 0 bridgehead atoms. The van der Waals surface area contributed by atoms with Gasteiger partial charge in [-0.05, 0) is 44.2 Å². The number of para-hydroxylation sites is 1. The average Bonchev–Trinajstić information content (AvgIpc) is 3.14. The topological polar surface area (TPSA) is 84.6 Å². The van der Waals surface area contributed by atoms with Crippen molar-refractivity contribution >= 4 is 22.8 Å². The van der Waals surface area contributed by atoms with Gasteiger partial charge in [0.25, 0.3) is 0 Å². The minimum atomic E-state index is 0.0822. The van der Waals surface area contributed by atoms with Crippen LogP contribution in [0.15, 0.2) is 29.4 Å². The second kappa shape index (κ2) is 10.3. The van der Waals surface area contributed by atoms with Gasteiger partial charge in [0, 0.05) is 56.4 Å². The van der Waals surface area contributed by atoms with Crippen LogP contribution >= 0.6 is 0 Å². The van der Waals surface area contributed by atoms with Crippen LogP contribution < -0.4 is 16.0 Å². The Bertz CT molecular complexity index is 835. The highest BCUT2D eigenvalue weighted by atomic mass is 16.1. The Morgan fingerprint density at radius 1 is 1.31 bits per heavy atom. The lowest BCUT2D eigenvalue weighted by Gasteiger charge is -2.32. The standard InChI is InChI=1S/C22H34N6O/c1-4-24-22(27-18-9-12-28(13-10-18)15-20(29)23-3)25-11-8-17-14-26-21-16(2)6-5-7-19(17)21/h5-7,14,18,26H,4,8-13,15H2,1-3H3,(H,23,29)(H2,24,25,27). The van der Waals surface area contributed by atoms with Crippen LogP contribution in [-0.2, 0) is 11.2 Å². The van der Waals surface area contributed by atoms with Crippen LogP contribution in [0.3, 0.4) is 0 Å². The van der Waals surface area contributed by atoms with Crippen molar-refractivity contribution in [1.29, 1.82) is 0 Å². The summed E-state index contributed by atoms with van der Waals surface area (Å²) in [5, 5.41) is 10.9. The van der Waals surface area contributed by atoms with Gasteiger partial charge in [-0.25, -0.2) is 0 Å². The van der Waals surface area contributed by atoms with Crippen molar-refractivity contribution in [3.63, 3.8) is 0 Å². The Morgan fingerprint density at radius 2 is 2.10 bits per heavy atom. The predicted molar refractivity (Wildman–Crippen MR) is 119 cm³/mol. The molecule has 1 amide bonds. The van der Waals surface area contributed by atoms with Crippen molar-refractivity contribution in [1.82, 2.24) is 25.8 Å². The zero-order valence-electron chi connectivity index (χ0n) is 17.8. The molecule has 1 saturated heterocycles. The lowest BCUT2D eigenvalue weighted by Crippen LogP contribution is -2.50. The number of H-pyrrole nitrogens is 1. The molecular formula is C22H34N6O. The molecule has 158 valence electrons. The zero-order valence-corrected chi connectivity index (χ0v) is 17.8. The molecule has 7 heteroatoms. The minimum absolute atomic E-state index is 0.0822. The highest BCUT2D eigenvalue weighted by molar-refractivity contribution is 5.86. The van der Waals surface area contributed by atoms with Crippen LogP contribution in [0, 0.1) is 6.92 Å². The Labute approximate surface area is 173 Å². The van der Waals surface area contributed by atoms with E-state index in [4.69, 9.17) is 4.99 Å². The number of piperidine rings is 1. The molecule has 1 aromatic heterocycles. The summed E-state index contributed by atoms with van der Waals surface area (Å²) in [6.07, 6.45) is 5.05. The van der Waals surface area contributed by atoms with Crippen molar-refractivity contribution in [3.05, 3.63) is 35.5 Å². The van der Waals surface area contributed by atoms with E-state index in [1.54, 1.807) is 7.05 Å². The van der Waals surface area contributed by atoms with Gasteiger partial charge in [-0.15, -0.1) is 0 Å². The minimum Gasteiger partial charge on any atom is -0.361 e. The molecule has 3 rings (SSSR count). The molecule has 1 aliphatic rings. The first kappa shape index (κ1) is 21.2. The Hall–Kier alpha value is -2.54. The van der Waals surface area contributed by atoms with Crippen molar-refractivity contribution in [3.8, 4) is 0 Å². The van der Waals surface area contributed by atoms with E-state index in [9.17, 15) is 4.79 Å². The van der Waals surface area contributed by atoms with Gasteiger partial charge in [-0.3, -0.25) is 14.7 Å². The third kappa shape index (κ3) is 5.73. The first-order valence-electron chi connectivity index (χ1n) is 10.6. The van der Waals surface area contributed by atoms with E-state index < -0.39 is 0 Å². The third-order valence-electron chi connectivity index (χ3n) is 5.58.